The molecule has 1 aromatic rings. The van der Waals surface area contributed by atoms with E-state index in [1.807, 2.05) is 18.2 Å². The van der Waals surface area contributed by atoms with Crippen molar-refractivity contribution in [3.8, 4) is 5.75 Å². The summed E-state index contributed by atoms with van der Waals surface area (Å²) < 4.78 is 5.49. The van der Waals surface area contributed by atoms with Crippen LogP contribution in [-0.4, -0.2) is 59.1 Å². The van der Waals surface area contributed by atoms with E-state index in [1.165, 1.54) is 32.1 Å². The quantitative estimate of drug-likeness (QED) is 0.633. The smallest absolute Gasteiger partial charge is 0.254 e. The summed E-state index contributed by atoms with van der Waals surface area (Å²) in [6, 6.07) is 5.59. The lowest BCUT2D eigenvalue weighted by Crippen LogP contribution is -2.64. The highest BCUT2D eigenvalue weighted by Gasteiger charge is 2.57. The van der Waals surface area contributed by atoms with Crippen LogP contribution in [0.25, 0.3) is 0 Å². The number of piperidine rings is 1. The maximum absolute atomic E-state index is 13.5. The lowest BCUT2D eigenvalue weighted by molar-refractivity contribution is -0.163. The van der Waals surface area contributed by atoms with Crippen molar-refractivity contribution in [3.63, 3.8) is 0 Å². The predicted molar refractivity (Wildman–Crippen MR) is 135 cm³/mol. The normalized spacial score (nSPS) is 27.3. The number of ether oxygens (including phenoxy) is 1. The van der Waals surface area contributed by atoms with Crippen LogP contribution in [0.2, 0.25) is 0 Å². The van der Waals surface area contributed by atoms with Crippen LogP contribution in [0.5, 0.6) is 5.75 Å². The minimum absolute atomic E-state index is 0.0277. The lowest BCUT2D eigenvalue weighted by atomic mass is 9.65. The molecule has 2 aliphatic heterocycles. The molecule has 2 atom stereocenters. The third-order valence-corrected chi connectivity index (χ3v) is 9.65. The Hall–Kier alpha value is -2.08. The fourth-order valence-electron chi connectivity index (χ4n) is 7.62. The monoisotopic (exact) mass is 482 g/mol. The molecule has 6 heteroatoms. The summed E-state index contributed by atoms with van der Waals surface area (Å²) >= 11 is 0. The van der Waals surface area contributed by atoms with Crippen molar-refractivity contribution >= 4 is 11.8 Å². The van der Waals surface area contributed by atoms with Gasteiger partial charge in [-0.3, -0.25) is 9.59 Å². The number of hydrogen-bond acceptors (Lipinski definition) is 4. The van der Waals surface area contributed by atoms with Gasteiger partial charge in [0.25, 0.3) is 5.91 Å². The van der Waals surface area contributed by atoms with Gasteiger partial charge in [-0.1, -0.05) is 57.9 Å². The molecule has 2 saturated carbocycles. The third-order valence-electron chi connectivity index (χ3n) is 9.65. The topological polar surface area (TPSA) is 70.1 Å². The number of methoxy groups -OCH3 is 1. The minimum atomic E-state index is -0.974. The van der Waals surface area contributed by atoms with E-state index >= 15 is 0 Å². The zero-order valence-corrected chi connectivity index (χ0v) is 21.6. The van der Waals surface area contributed by atoms with E-state index < -0.39 is 5.60 Å². The highest BCUT2D eigenvalue weighted by atomic mass is 16.5. The Kier molecular flexibility index (Phi) is 6.86. The van der Waals surface area contributed by atoms with Gasteiger partial charge in [0, 0.05) is 35.5 Å². The zero-order chi connectivity index (χ0) is 24.6. The lowest BCUT2D eigenvalue weighted by Gasteiger charge is -2.53. The molecule has 6 nitrogen and oxygen atoms in total. The molecular formula is C29H42N2O4. The zero-order valence-electron chi connectivity index (χ0n) is 21.6. The van der Waals surface area contributed by atoms with Gasteiger partial charge in [0.05, 0.1) is 25.8 Å². The van der Waals surface area contributed by atoms with Crippen molar-refractivity contribution < 1.29 is 19.4 Å². The van der Waals surface area contributed by atoms with Gasteiger partial charge in [0.2, 0.25) is 5.91 Å². The van der Waals surface area contributed by atoms with Crippen molar-refractivity contribution in [3.05, 3.63) is 29.3 Å². The van der Waals surface area contributed by atoms with Gasteiger partial charge in [0.1, 0.15) is 5.75 Å². The maximum atomic E-state index is 13.5. The molecule has 0 aromatic heterocycles. The SMILES string of the molecule is COc1cccc2c1CN(C[C@]1(O)CCN(C(=O)[C@H](C)CC3CCCCC3)CC13CCCC3)C2=O. The van der Waals surface area contributed by atoms with E-state index in [1.54, 1.807) is 12.0 Å². The average molecular weight is 483 g/mol. The van der Waals surface area contributed by atoms with E-state index in [9.17, 15) is 14.7 Å². The van der Waals surface area contributed by atoms with E-state index in [-0.39, 0.29) is 23.1 Å². The predicted octanol–water partition coefficient (Wildman–Crippen LogP) is 4.78. The highest BCUT2D eigenvalue weighted by molar-refractivity contribution is 5.99. The molecule has 2 aliphatic carbocycles. The molecule has 4 aliphatic rings. The first kappa shape index (κ1) is 24.6. The number of fused-ring (bicyclic) bond motifs is 1. The maximum Gasteiger partial charge on any atom is 0.254 e. The molecule has 1 saturated heterocycles. The second-order valence-corrected chi connectivity index (χ2v) is 11.8. The fraction of sp³-hybridized carbons (Fsp3) is 0.724. The summed E-state index contributed by atoms with van der Waals surface area (Å²) in [6.07, 6.45) is 12.0. The van der Waals surface area contributed by atoms with Crippen LogP contribution in [0, 0.1) is 17.3 Å². The molecule has 5 rings (SSSR count). The summed E-state index contributed by atoms with van der Waals surface area (Å²) in [5.41, 5.74) is 0.286. The number of carbonyl (C=O) groups excluding carboxylic acids is 2. The molecular weight excluding hydrogens is 440 g/mol. The summed E-state index contributed by atoms with van der Waals surface area (Å²) in [6.45, 7) is 4.09. The van der Waals surface area contributed by atoms with E-state index in [2.05, 4.69) is 11.8 Å². The summed E-state index contributed by atoms with van der Waals surface area (Å²) in [7, 11) is 1.63. The number of aliphatic hydroxyl groups is 1. The van der Waals surface area contributed by atoms with Gasteiger partial charge in [0.15, 0.2) is 0 Å². The van der Waals surface area contributed by atoms with Crippen molar-refractivity contribution in [2.24, 2.45) is 17.3 Å². The van der Waals surface area contributed by atoms with Crippen molar-refractivity contribution in [2.75, 3.05) is 26.7 Å². The summed E-state index contributed by atoms with van der Waals surface area (Å²) in [4.78, 5) is 30.6. The number of carbonyl (C=O) groups is 2. The number of rotatable bonds is 6. The van der Waals surface area contributed by atoms with Crippen LogP contribution in [-0.2, 0) is 11.3 Å². The average Bonchev–Trinajstić information content (AvgIpc) is 3.47. The second-order valence-electron chi connectivity index (χ2n) is 11.8. The molecule has 0 radical (unpaired) electrons. The Morgan fingerprint density at radius 2 is 1.89 bits per heavy atom. The van der Waals surface area contributed by atoms with Crippen LogP contribution in [0.4, 0.5) is 0 Å². The number of benzene rings is 1. The Bertz CT molecular complexity index is 950. The molecule has 1 spiro atoms. The minimum Gasteiger partial charge on any atom is -0.496 e. The van der Waals surface area contributed by atoms with Crippen molar-refractivity contribution in [1.29, 1.82) is 0 Å². The van der Waals surface area contributed by atoms with E-state index in [0.717, 1.165) is 43.4 Å². The standard InChI is InChI=1S/C29H42N2O4/c1-21(17-22-9-4-3-5-10-22)26(32)30-16-15-29(34,28(19-30)13-6-7-14-28)20-31-18-24-23(27(31)33)11-8-12-25(24)35-2/h8,11-12,21-22,34H,3-7,9-10,13-20H2,1-2H3/t21-,29-/m1/s1. The fourth-order valence-corrected chi connectivity index (χ4v) is 7.62. The van der Waals surface area contributed by atoms with E-state index in [0.29, 0.717) is 44.1 Å². The van der Waals surface area contributed by atoms with Crippen LogP contribution in [0.15, 0.2) is 18.2 Å². The number of likely N-dealkylation sites (tertiary alicyclic amines) is 1. The first-order chi connectivity index (χ1) is 16.9. The molecule has 2 amide bonds. The molecule has 0 unspecified atom stereocenters. The van der Waals surface area contributed by atoms with Crippen LogP contribution in [0.1, 0.15) is 93.5 Å². The summed E-state index contributed by atoms with van der Waals surface area (Å²) in [5, 5.41) is 12.1. The van der Waals surface area contributed by atoms with E-state index in [4.69, 9.17) is 4.74 Å². The summed E-state index contributed by atoms with van der Waals surface area (Å²) in [5.74, 6) is 1.70. The van der Waals surface area contributed by atoms with Crippen molar-refractivity contribution in [2.45, 2.75) is 89.7 Å². The van der Waals surface area contributed by atoms with Gasteiger partial charge in [-0.2, -0.15) is 0 Å². The van der Waals surface area contributed by atoms with Gasteiger partial charge in [-0.15, -0.1) is 0 Å². The Labute approximate surface area is 210 Å². The highest BCUT2D eigenvalue weighted by Crippen LogP contribution is 2.52. The Morgan fingerprint density at radius 1 is 1.14 bits per heavy atom. The molecule has 3 fully saturated rings. The van der Waals surface area contributed by atoms with Crippen molar-refractivity contribution in [1.82, 2.24) is 9.80 Å². The first-order valence-electron chi connectivity index (χ1n) is 13.8. The number of nitrogens with zero attached hydrogens (tertiary/aromatic N) is 2. The van der Waals surface area contributed by atoms with Crippen LogP contribution < -0.4 is 4.74 Å². The molecule has 192 valence electrons. The third kappa shape index (κ3) is 4.47. The second kappa shape index (κ2) is 9.76. The number of β-amino-alcohol motifs (C(OH)–C–C–N with tert-alkyl or cyclic N) is 1. The van der Waals surface area contributed by atoms with Gasteiger partial charge >= 0.3 is 0 Å². The number of hydrogen-bond donors (Lipinski definition) is 1. The molecule has 2 heterocycles. The van der Waals surface area contributed by atoms with Gasteiger partial charge in [-0.25, -0.2) is 0 Å². The van der Waals surface area contributed by atoms with Gasteiger partial charge in [-0.05, 0) is 43.7 Å². The Balaban J connectivity index is 1.29. The number of amides is 2. The van der Waals surface area contributed by atoms with Gasteiger partial charge < -0.3 is 19.6 Å². The molecule has 0 bridgehead atoms. The largest absolute Gasteiger partial charge is 0.496 e. The molecule has 35 heavy (non-hydrogen) atoms. The van der Waals surface area contributed by atoms with Crippen LogP contribution in [0.3, 0.4) is 0 Å². The Morgan fingerprint density at radius 3 is 2.60 bits per heavy atom. The molecule has 1 N–H and O–H groups in total. The van der Waals surface area contributed by atoms with Crippen LogP contribution >= 0.6 is 0 Å². The first-order valence-corrected chi connectivity index (χ1v) is 13.8. The molecule has 1 aromatic carbocycles.